The molecule has 2 aromatic heterocycles. The van der Waals surface area contributed by atoms with Crippen LogP contribution in [0.3, 0.4) is 0 Å². The second-order valence-corrected chi connectivity index (χ2v) is 19.9. The van der Waals surface area contributed by atoms with E-state index < -0.39 is 0 Å². The number of benzene rings is 3. The van der Waals surface area contributed by atoms with Crippen LogP contribution >= 0.6 is 0 Å². The van der Waals surface area contributed by atoms with Crippen molar-refractivity contribution in [3.05, 3.63) is 94.1 Å². The Hall–Kier alpha value is -3.27. The van der Waals surface area contributed by atoms with E-state index in [0.29, 0.717) is 5.92 Å². The summed E-state index contributed by atoms with van der Waals surface area (Å²) in [5.41, 5.74) is 10.8. The molecule has 1 aliphatic carbocycles. The largest absolute Gasteiger partial charge is 0.690 e. The van der Waals surface area contributed by atoms with E-state index in [1.54, 1.807) is 13.1 Å². The van der Waals surface area contributed by atoms with Gasteiger partial charge in [0.2, 0.25) is 0 Å². The Balaban J connectivity index is 0.000000362. The molecule has 57 heavy (non-hydrogen) atoms. The molecule has 0 atom stereocenters. The number of furan rings is 1. The third-order valence-corrected chi connectivity index (χ3v) is 12.4. The number of pyridine rings is 1. The Bertz CT molecular complexity index is 2210. The van der Waals surface area contributed by atoms with Crippen molar-refractivity contribution >= 4 is 38.5 Å². The minimum Gasteiger partial charge on any atom is -0.690 e. The maximum Gasteiger partial charge on any atom is 0.157 e. The van der Waals surface area contributed by atoms with Crippen molar-refractivity contribution in [3.63, 3.8) is 0 Å². The van der Waals surface area contributed by atoms with Gasteiger partial charge in [-0.05, 0) is 89.0 Å². The van der Waals surface area contributed by atoms with Crippen molar-refractivity contribution < 1.29 is 29.3 Å². The van der Waals surface area contributed by atoms with Crippen molar-refractivity contribution in [1.82, 2.24) is 4.98 Å². The molecule has 1 aliphatic rings. The zero-order valence-corrected chi connectivity index (χ0v) is 40.2. The molecule has 311 valence electrons. The van der Waals surface area contributed by atoms with Gasteiger partial charge in [0.15, 0.2) is 5.78 Å². The van der Waals surface area contributed by atoms with Crippen molar-refractivity contribution in [2.75, 3.05) is 7.05 Å². The van der Waals surface area contributed by atoms with Crippen molar-refractivity contribution in [2.45, 2.75) is 158 Å². The van der Waals surface area contributed by atoms with Gasteiger partial charge in [-0.2, -0.15) is 5.70 Å². The second kappa shape index (κ2) is 17.9. The van der Waals surface area contributed by atoms with Gasteiger partial charge < -0.3 is 9.73 Å². The molecule has 2 heterocycles. The van der Waals surface area contributed by atoms with E-state index in [2.05, 4.69) is 151 Å². The van der Waals surface area contributed by atoms with Crippen LogP contribution < -0.4 is 0 Å². The summed E-state index contributed by atoms with van der Waals surface area (Å²) in [6.45, 7) is 32.0. The first-order valence-corrected chi connectivity index (χ1v) is 21.4. The average molecular weight is 947 g/mol. The van der Waals surface area contributed by atoms with Crippen LogP contribution in [-0.2, 0) is 47.6 Å². The van der Waals surface area contributed by atoms with Gasteiger partial charge in [-0.25, -0.2) is 0 Å². The number of rotatable bonds is 10. The number of hydrogen-bond acceptors (Lipinski definition) is 3. The molecule has 0 unspecified atom stereocenters. The molecule has 0 bridgehead atoms. The maximum absolute atomic E-state index is 12.0. The van der Waals surface area contributed by atoms with Crippen LogP contribution in [0, 0.1) is 23.3 Å². The SMILES string of the molecule is CC(C)(C)Cc1cc2c(oc3c(-c4[c-]c5ccccc5c(C(C)(C)C)c4)nccc32)c2c1C(C)(C)CCC2(C)C.CCC(CC)C(=O)/C=C(\[N-]C)C(CC)CC.[Ir]. The molecule has 0 amide bonds. The third-order valence-electron chi connectivity index (χ3n) is 12.4. The number of hydrogen-bond donors (Lipinski definition) is 0. The summed E-state index contributed by atoms with van der Waals surface area (Å²) in [7, 11) is 1.78. The van der Waals surface area contributed by atoms with E-state index in [1.807, 2.05) is 6.20 Å². The fourth-order valence-corrected chi connectivity index (χ4v) is 9.09. The molecular formula is C52H70IrN2O2-2. The minimum atomic E-state index is -0.0121. The van der Waals surface area contributed by atoms with E-state index in [1.165, 1.54) is 39.4 Å². The number of allylic oxidation sites excluding steroid dienone is 2. The summed E-state index contributed by atoms with van der Waals surface area (Å²) in [6, 6.07) is 19.2. The number of nitrogens with zero attached hydrogens (tertiary/aromatic N) is 2. The fraction of sp³-hybridized carbons (Fsp3) is 0.538. The van der Waals surface area contributed by atoms with E-state index in [-0.39, 0.29) is 53.5 Å². The summed E-state index contributed by atoms with van der Waals surface area (Å²) in [5.74, 6) is 0.854. The molecule has 5 heteroatoms. The Morgan fingerprint density at radius 3 is 1.98 bits per heavy atom. The first-order chi connectivity index (χ1) is 26.2. The first-order valence-electron chi connectivity index (χ1n) is 21.4. The molecule has 0 fully saturated rings. The quantitative estimate of drug-likeness (QED) is 0.104. The Morgan fingerprint density at radius 2 is 1.42 bits per heavy atom. The molecule has 0 saturated carbocycles. The van der Waals surface area contributed by atoms with Crippen molar-refractivity contribution in [2.24, 2.45) is 17.3 Å². The monoisotopic (exact) mass is 948 g/mol. The van der Waals surface area contributed by atoms with Gasteiger partial charge in [-0.15, -0.1) is 36.2 Å². The standard InChI is InChI=1S/C38H44NO.C14H27NO.Ir/c1-35(2,3)22-25-20-28-27-15-18-39-32(24-19-23-13-11-12-14-26(23)29(21-24)36(4,5)6)34(27)40-33(28)31-30(25)37(7,8)16-17-38(31,9)10;1-6-11(7-2)13(15-5)10-14(16)12(8-3)9-4;/h11-15,18,20-21H,16-17,22H2,1-10H3;10-12H,6-9H2,1-5H3,(H,15,16);/q-1;;/p-1. The summed E-state index contributed by atoms with van der Waals surface area (Å²) in [4.78, 5) is 16.9. The number of carbonyl (C=O) groups is 1. The Labute approximate surface area is 358 Å². The molecule has 1 radical (unpaired) electrons. The first kappa shape index (κ1) is 46.4. The molecule has 4 nitrogen and oxygen atoms in total. The van der Waals surface area contributed by atoms with Gasteiger partial charge >= 0.3 is 0 Å². The van der Waals surface area contributed by atoms with Crippen LogP contribution in [0.5, 0.6) is 0 Å². The van der Waals surface area contributed by atoms with Crippen LogP contribution in [0.15, 0.2) is 64.9 Å². The molecule has 0 N–H and O–H groups in total. The fourth-order valence-electron chi connectivity index (χ4n) is 9.09. The van der Waals surface area contributed by atoms with Crippen LogP contribution in [0.4, 0.5) is 0 Å². The van der Waals surface area contributed by atoms with Gasteiger partial charge in [-0.3, -0.25) is 9.78 Å². The van der Waals surface area contributed by atoms with Gasteiger partial charge in [0.25, 0.3) is 0 Å². The smallest absolute Gasteiger partial charge is 0.157 e. The molecule has 0 spiro atoms. The van der Waals surface area contributed by atoms with Gasteiger partial charge in [0.05, 0.1) is 0 Å². The zero-order chi connectivity index (χ0) is 41.4. The molecular weight excluding hydrogens is 877 g/mol. The van der Waals surface area contributed by atoms with Crippen LogP contribution in [-0.4, -0.2) is 17.8 Å². The van der Waals surface area contributed by atoms with E-state index in [0.717, 1.165) is 77.4 Å². The van der Waals surface area contributed by atoms with Crippen LogP contribution in [0.2, 0.25) is 0 Å². The summed E-state index contributed by atoms with van der Waals surface area (Å²) < 4.78 is 7.01. The van der Waals surface area contributed by atoms with Crippen molar-refractivity contribution in [1.29, 1.82) is 0 Å². The number of fused-ring (bicyclic) bond motifs is 6. The van der Waals surface area contributed by atoms with Gasteiger partial charge in [0, 0.05) is 54.2 Å². The van der Waals surface area contributed by atoms with E-state index in [4.69, 9.17) is 9.40 Å². The molecule has 6 rings (SSSR count). The number of aromatic nitrogens is 1. The average Bonchev–Trinajstić information content (AvgIpc) is 3.50. The maximum atomic E-state index is 12.0. The van der Waals surface area contributed by atoms with Crippen LogP contribution in [0.1, 0.15) is 158 Å². The van der Waals surface area contributed by atoms with Gasteiger partial charge in [-0.1, -0.05) is 139 Å². The normalized spacial score (nSPS) is 15.4. The molecule has 3 aromatic carbocycles. The van der Waals surface area contributed by atoms with Gasteiger partial charge in [0.1, 0.15) is 11.2 Å². The summed E-state index contributed by atoms with van der Waals surface area (Å²) in [5, 5.41) is 9.00. The zero-order valence-electron chi connectivity index (χ0n) is 37.8. The third kappa shape index (κ3) is 9.79. The minimum absolute atomic E-state index is 0. The Morgan fingerprint density at radius 1 is 0.825 bits per heavy atom. The predicted molar refractivity (Wildman–Crippen MR) is 241 cm³/mol. The molecule has 0 saturated heterocycles. The Kier molecular flexibility index (Phi) is 14.6. The molecule has 5 aromatic rings. The number of carbonyl (C=O) groups excluding carboxylic acids is 1. The second-order valence-electron chi connectivity index (χ2n) is 19.9. The number of ketones is 1. The topological polar surface area (TPSA) is 57.2 Å². The van der Waals surface area contributed by atoms with Crippen LogP contribution in [0.25, 0.3) is 49.3 Å². The van der Waals surface area contributed by atoms with E-state index >= 15 is 0 Å². The molecule has 0 aliphatic heterocycles. The summed E-state index contributed by atoms with van der Waals surface area (Å²) in [6.07, 6.45) is 11.0. The predicted octanol–water partition coefficient (Wildman–Crippen LogP) is 15.1. The summed E-state index contributed by atoms with van der Waals surface area (Å²) >= 11 is 0. The van der Waals surface area contributed by atoms with Crippen molar-refractivity contribution in [3.8, 4) is 11.3 Å². The van der Waals surface area contributed by atoms with E-state index in [9.17, 15) is 4.79 Å².